The van der Waals surface area contributed by atoms with Crippen LogP contribution in [0.15, 0.2) is 48.5 Å². The molecule has 2 amide bonds. The molecule has 1 fully saturated rings. The Morgan fingerprint density at radius 1 is 1.11 bits per heavy atom. The van der Waals surface area contributed by atoms with Gasteiger partial charge in [0.15, 0.2) is 0 Å². The van der Waals surface area contributed by atoms with E-state index >= 15 is 0 Å². The van der Waals surface area contributed by atoms with Crippen molar-refractivity contribution >= 4 is 11.8 Å². The van der Waals surface area contributed by atoms with E-state index in [1.54, 1.807) is 50.4 Å². The summed E-state index contributed by atoms with van der Waals surface area (Å²) >= 11 is 0. The molecule has 190 valence electrons. The van der Waals surface area contributed by atoms with Crippen LogP contribution in [-0.2, 0) is 22.7 Å². The second-order valence-electron chi connectivity index (χ2n) is 9.04. The fraction of sp³-hybridized carbons (Fsp3) is 0.423. The maximum Gasteiger partial charge on any atom is 0.247 e. The topological polar surface area (TPSA) is 102 Å². The number of hydrogen-bond donors (Lipinski definition) is 1. The summed E-state index contributed by atoms with van der Waals surface area (Å²) in [5.41, 5.74) is 1.45. The van der Waals surface area contributed by atoms with Gasteiger partial charge in [0.1, 0.15) is 24.2 Å². The van der Waals surface area contributed by atoms with E-state index in [1.165, 1.54) is 28.2 Å². The van der Waals surface area contributed by atoms with E-state index in [4.69, 9.17) is 4.74 Å². The van der Waals surface area contributed by atoms with Gasteiger partial charge in [-0.05, 0) is 66.9 Å². The van der Waals surface area contributed by atoms with Crippen LogP contribution in [0.25, 0.3) is 11.4 Å². The lowest BCUT2D eigenvalue weighted by atomic mass is 9.95. The van der Waals surface area contributed by atoms with Gasteiger partial charge >= 0.3 is 0 Å². The summed E-state index contributed by atoms with van der Waals surface area (Å²) in [4.78, 5) is 29.1. The van der Waals surface area contributed by atoms with Crippen molar-refractivity contribution in [2.24, 2.45) is 0 Å². The molecular weight excluding hydrogens is 463 g/mol. The Bertz CT molecular complexity index is 1160. The van der Waals surface area contributed by atoms with Crippen LogP contribution in [0.4, 0.5) is 4.39 Å². The number of amides is 2. The lowest BCUT2D eigenvalue weighted by Gasteiger charge is -2.31. The third-order valence-corrected chi connectivity index (χ3v) is 6.46. The van der Waals surface area contributed by atoms with Crippen LogP contribution in [0.3, 0.4) is 0 Å². The summed E-state index contributed by atoms with van der Waals surface area (Å²) in [5, 5.41) is 15.5. The predicted octanol–water partition coefficient (Wildman–Crippen LogP) is 3.35. The van der Waals surface area contributed by atoms with Crippen molar-refractivity contribution in [2.75, 3.05) is 7.11 Å². The number of nitrogens with zero attached hydrogens (tertiary/aromatic N) is 5. The summed E-state index contributed by atoms with van der Waals surface area (Å²) in [7, 11) is 1.59. The molecule has 1 atom stereocenters. The molecule has 0 spiro atoms. The molecule has 0 unspecified atom stereocenters. The van der Waals surface area contributed by atoms with Crippen molar-refractivity contribution in [1.29, 1.82) is 0 Å². The minimum absolute atomic E-state index is 0.125. The predicted molar refractivity (Wildman–Crippen MR) is 131 cm³/mol. The van der Waals surface area contributed by atoms with E-state index in [0.29, 0.717) is 17.1 Å². The number of ether oxygens (including phenoxy) is 1. The molecule has 0 saturated heterocycles. The molecule has 1 aliphatic carbocycles. The maximum absolute atomic E-state index is 13.4. The van der Waals surface area contributed by atoms with Gasteiger partial charge < -0.3 is 15.0 Å². The number of carbonyl (C=O) groups is 2. The summed E-state index contributed by atoms with van der Waals surface area (Å²) in [6.07, 6.45) is 5.25. The first kappa shape index (κ1) is 25.3. The fourth-order valence-corrected chi connectivity index (χ4v) is 4.32. The van der Waals surface area contributed by atoms with E-state index < -0.39 is 6.04 Å². The molecule has 10 heteroatoms. The molecule has 4 rings (SSSR count). The Labute approximate surface area is 209 Å². The standard InChI is InChI=1S/C26H31FN6O3/c1-18(26(35)28-22-6-4-3-5-7-22)32(16-19-8-12-21(27)13-9-19)24(34)17-33-30-25(29-31-33)20-10-14-23(36-2)15-11-20/h8-15,18,22H,3-7,16-17H2,1-2H3,(H,28,35)/t18-/m1/s1. The zero-order valence-electron chi connectivity index (χ0n) is 20.6. The molecule has 1 aliphatic rings. The monoisotopic (exact) mass is 494 g/mol. The van der Waals surface area contributed by atoms with Crippen LogP contribution in [0.2, 0.25) is 0 Å². The molecular formula is C26H31FN6O3. The van der Waals surface area contributed by atoms with E-state index in [2.05, 4.69) is 20.7 Å². The van der Waals surface area contributed by atoms with Crippen molar-refractivity contribution in [3.05, 3.63) is 59.9 Å². The Hall–Kier alpha value is -3.82. The second-order valence-corrected chi connectivity index (χ2v) is 9.04. The first-order valence-electron chi connectivity index (χ1n) is 12.2. The first-order chi connectivity index (χ1) is 17.4. The highest BCUT2D eigenvalue weighted by Crippen LogP contribution is 2.20. The lowest BCUT2D eigenvalue weighted by Crippen LogP contribution is -2.51. The normalized spacial score (nSPS) is 14.8. The highest BCUT2D eigenvalue weighted by atomic mass is 19.1. The minimum Gasteiger partial charge on any atom is -0.497 e. The lowest BCUT2D eigenvalue weighted by molar-refractivity contribution is -0.141. The quantitative estimate of drug-likeness (QED) is 0.490. The molecule has 1 aromatic heterocycles. The highest BCUT2D eigenvalue weighted by molar-refractivity contribution is 5.87. The number of methoxy groups -OCH3 is 1. The summed E-state index contributed by atoms with van der Waals surface area (Å²) in [5.74, 6) is 0.168. The van der Waals surface area contributed by atoms with Crippen molar-refractivity contribution < 1.29 is 18.7 Å². The van der Waals surface area contributed by atoms with Crippen LogP contribution in [-0.4, -0.2) is 56.1 Å². The van der Waals surface area contributed by atoms with Crippen molar-refractivity contribution in [3.63, 3.8) is 0 Å². The van der Waals surface area contributed by atoms with E-state index in [-0.39, 0.29) is 36.8 Å². The number of benzene rings is 2. The van der Waals surface area contributed by atoms with Crippen LogP contribution >= 0.6 is 0 Å². The molecule has 0 aliphatic heterocycles. The van der Waals surface area contributed by atoms with Crippen LogP contribution in [0.5, 0.6) is 5.75 Å². The van der Waals surface area contributed by atoms with Crippen molar-refractivity contribution in [1.82, 2.24) is 30.4 Å². The van der Waals surface area contributed by atoms with Gasteiger partial charge in [-0.2, -0.15) is 4.80 Å². The van der Waals surface area contributed by atoms with Crippen molar-refractivity contribution in [2.45, 2.75) is 64.2 Å². The molecule has 0 bridgehead atoms. The van der Waals surface area contributed by atoms with Gasteiger partial charge in [-0.15, -0.1) is 10.2 Å². The molecule has 1 heterocycles. The molecule has 1 saturated carbocycles. The maximum atomic E-state index is 13.4. The SMILES string of the molecule is COc1ccc(-c2nnn(CC(=O)N(Cc3ccc(F)cc3)[C@H](C)C(=O)NC3CCCCC3)n2)cc1. The molecule has 36 heavy (non-hydrogen) atoms. The number of tetrazole rings is 1. The smallest absolute Gasteiger partial charge is 0.247 e. The Morgan fingerprint density at radius 2 is 1.81 bits per heavy atom. The van der Waals surface area contributed by atoms with Gasteiger partial charge in [0.05, 0.1) is 7.11 Å². The number of nitrogens with one attached hydrogen (secondary N) is 1. The fourth-order valence-electron chi connectivity index (χ4n) is 4.32. The average Bonchev–Trinajstić information content (AvgIpc) is 3.37. The van der Waals surface area contributed by atoms with Gasteiger partial charge in [0.2, 0.25) is 17.6 Å². The molecule has 2 aromatic carbocycles. The molecule has 0 radical (unpaired) electrons. The minimum atomic E-state index is -0.728. The number of rotatable bonds is 9. The van der Waals surface area contributed by atoms with E-state index in [0.717, 1.165) is 31.2 Å². The van der Waals surface area contributed by atoms with Crippen molar-refractivity contribution in [3.8, 4) is 17.1 Å². The largest absolute Gasteiger partial charge is 0.497 e. The number of carbonyl (C=O) groups excluding carboxylic acids is 2. The van der Waals surface area contributed by atoms with E-state index in [9.17, 15) is 14.0 Å². The second kappa shape index (κ2) is 11.7. The number of aromatic nitrogens is 4. The van der Waals surface area contributed by atoms with Crippen LogP contribution in [0, 0.1) is 5.82 Å². The molecule has 1 N–H and O–H groups in total. The zero-order valence-corrected chi connectivity index (χ0v) is 20.6. The van der Waals surface area contributed by atoms with E-state index in [1.807, 2.05) is 0 Å². The zero-order chi connectivity index (χ0) is 25.5. The average molecular weight is 495 g/mol. The van der Waals surface area contributed by atoms with Crippen LogP contribution in [0.1, 0.15) is 44.6 Å². The summed E-state index contributed by atoms with van der Waals surface area (Å²) < 4.78 is 18.6. The van der Waals surface area contributed by atoms with Gasteiger partial charge in [-0.3, -0.25) is 9.59 Å². The highest BCUT2D eigenvalue weighted by Gasteiger charge is 2.28. The van der Waals surface area contributed by atoms with Gasteiger partial charge in [0.25, 0.3) is 0 Å². The third kappa shape index (κ3) is 6.44. The number of hydrogen-bond acceptors (Lipinski definition) is 6. The summed E-state index contributed by atoms with van der Waals surface area (Å²) in [6.45, 7) is 1.67. The molecule has 3 aromatic rings. The Morgan fingerprint density at radius 3 is 2.47 bits per heavy atom. The summed E-state index contributed by atoms with van der Waals surface area (Å²) in [6, 6.07) is 12.5. The Balaban J connectivity index is 1.48. The van der Waals surface area contributed by atoms with Crippen LogP contribution < -0.4 is 10.1 Å². The van der Waals surface area contributed by atoms with Gasteiger partial charge in [-0.25, -0.2) is 4.39 Å². The Kier molecular flexibility index (Phi) is 8.24. The molecule has 9 nitrogen and oxygen atoms in total. The first-order valence-corrected chi connectivity index (χ1v) is 12.2. The third-order valence-electron chi connectivity index (χ3n) is 6.46. The van der Waals surface area contributed by atoms with Gasteiger partial charge in [0, 0.05) is 18.2 Å². The van der Waals surface area contributed by atoms with Gasteiger partial charge in [-0.1, -0.05) is 31.4 Å². The number of halogens is 1.